The van der Waals surface area contributed by atoms with Crippen LogP contribution in [0.5, 0.6) is 0 Å². The number of nitrogens with one attached hydrogen (secondary N) is 4. The van der Waals surface area contributed by atoms with Crippen molar-refractivity contribution >= 4 is 23.6 Å². The Balaban J connectivity index is 1.59. The maximum absolute atomic E-state index is 13.7. The Morgan fingerprint density at radius 1 is 0.804 bits per heavy atom. The van der Waals surface area contributed by atoms with Gasteiger partial charge in [0.25, 0.3) is 5.91 Å². The summed E-state index contributed by atoms with van der Waals surface area (Å²) in [5.74, 6) is -1.48. The van der Waals surface area contributed by atoms with E-state index in [0.29, 0.717) is 31.6 Å². The minimum absolute atomic E-state index is 0.0908. The lowest BCUT2D eigenvalue weighted by molar-refractivity contribution is -0.132. The maximum atomic E-state index is 13.7. The van der Waals surface area contributed by atoms with Crippen LogP contribution < -0.4 is 21.3 Å². The van der Waals surface area contributed by atoms with Crippen molar-refractivity contribution in [3.05, 3.63) is 101 Å². The fourth-order valence-corrected chi connectivity index (χ4v) is 5.46. The number of hydrogen-bond acceptors (Lipinski definition) is 6. The molecule has 2 bridgehead atoms. The molecule has 1 aromatic heterocycles. The van der Waals surface area contributed by atoms with Crippen LogP contribution in [0.25, 0.3) is 0 Å². The molecule has 0 aliphatic carbocycles. The molecule has 4 N–H and O–H groups in total. The average molecular weight is 627 g/mol. The van der Waals surface area contributed by atoms with Crippen LogP contribution in [0.4, 0.5) is 0 Å². The van der Waals surface area contributed by atoms with Crippen LogP contribution in [-0.2, 0) is 33.9 Å². The normalized spacial score (nSPS) is 21.1. The van der Waals surface area contributed by atoms with Gasteiger partial charge in [-0.05, 0) is 73.5 Å². The number of rotatable bonds is 6. The molecule has 244 valence electrons. The van der Waals surface area contributed by atoms with E-state index in [1.807, 2.05) is 74.6 Å². The molecule has 4 amide bonds. The number of carbonyl (C=O) groups is 4. The van der Waals surface area contributed by atoms with Crippen LogP contribution in [0.3, 0.4) is 0 Å². The number of amides is 4. The molecule has 0 saturated heterocycles. The van der Waals surface area contributed by atoms with Crippen LogP contribution >= 0.6 is 0 Å². The van der Waals surface area contributed by atoms with Crippen LogP contribution in [0.2, 0.25) is 0 Å². The highest BCUT2D eigenvalue weighted by Crippen LogP contribution is 2.14. The second-order valence-corrected chi connectivity index (χ2v) is 12.4. The number of pyridine rings is 1. The monoisotopic (exact) mass is 626 g/mol. The minimum Gasteiger partial charge on any atom is -0.354 e. The molecule has 46 heavy (non-hydrogen) atoms. The van der Waals surface area contributed by atoms with Gasteiger partial charge in [0.15, 0.2) is 0 Å². The van der Waals surface area contributed by atoms with E-state index in [1.54, 1.807) is 25.3 Å². The van der Waals surface area contributed by atoms with Crippen molar-refractivity contribution in [2.75, 3.05) is 13.1 Å². The van der Waals surface area contributed by atoms with Gasteiger partial charge in [-0.3, -0.25) is 29.1 Å². The highest BCUT2D eigenvalue weighted by molar-refractivity contribution is 5.98. The van der Waals surface area contributed by atoms with Crippen molar-refractivity contribution in [2.24, 2.45) is 5.92 Å². The third-order valence-corrected chi connectivity index (χ3v) is 7.95. The lowest BCUT2D eigenvalue weighted by atomic mass is 10.0. The van der Waals surface area contributed by atoms with Gasteiger partial charge in [0, 0.05) is 44.0 Å². The Morgan fingerprint density at radius 2 is 1.52 bits per heavy atom. The summed E-state index contributed by atoms with van der Waals surface area (Å²) < 4.78 is 0. The molecule has 10 nitrogen and oxygen atoms in total. The Morgan fingerprint density at radius 3 is 2.22 bits per heavy atom. The van der Waals surface area contributed by atoms with Gasteiger partial charge in [-0.25, -0.2) is 0 Å². The number of fused-ring (bicyclic) bond motifs is 18. The molecule has 0 unspecified atom stereocenters. The van der Waals surface area contributed by atoms with Crippen molar-refractivity contribution in [1.82, 2.24) is 31.2 Å². The van der Waals surface area contributed by atoms with E-state index in [4.69, 9.17) is 0 Å². The molecule has 2 aromatic carbocycles. The number of benzene rings is 2. The van der Waals surface area contributed by atoms with Crippen molar-refractivity contribution in [3.63, 3.8) is 0 Å². The zero-order valence-electron chi connectivity index (χ0n) is 27.0. The largest absolute Gasteiger partial charge is 0.354 e. The van der Waals surface area contributed by atoms with E-state index >= 15 is 0 Å². The van der Waals surface area contributed by atoms with Crippen LogP contribution in [0, 0.1) is 5.92 Å². The van der Waals surface area contributed by atoms with Gasteiger partial charge in [0.2, 0.25) is 17.7 Å². The van der Waals surface area contributed by atoms with Crippen LogP contribution in [-0.4, -0.2) is 64.7 Å². The van der Waals surface area contributed by atoms with E-state index in [0.717, 1.165) is 36.1 Å². The first-order valence-electron chi connectivity index (χ1n) is 16.1. The van der Waals surface area contributed by atoms with Crippen LogP contribution in [0.1, 0.15) is 67.1 Å². The van der Waals surface area contributed by atoms with E-state index in [2.05, 4.69) is 31.2 Å². The van der Waals surface area contributed by atoms with Crippen molar-refractivity contribution < 1.29 is 19.2 Å². The summed E-state index contributed by atoms with van der Waals surface area (Å²) in [6.45, 7) is 8.21. The Bertz CT molecular complexity index is 1430. The average Bonchev–Trinajstić information content (AvgIpc) is 3.04. The summed E-state index contributed by atoms with van der Waals surface area (Å²) in [6.07, 6.45) is 5.85. The molecule has 3 atom stereocenters. The van der Waals surface area contributed by atoms with Gasteiger partial charge >= 0.3 is 0 Å². The molecular formula is C36H46N6O4. The van der Waals surface area contributed by atoms with Crippen molar-refractivity contribution in [3.8, 4) is 0 Å². The van der Waals surface area contributed by atoms with Gasteiger partial charge in [0.05, 0.1) is 0 Å². The number of aromatic nitrogens is 1. The Labute approximate surface area is 271 Å². The molecule has 3 heterocycles. The van der Waals surface area contributed by atoms with Crippen LogP contribution in [0.15, 0.2) is 79.1 Å². The summed E-state index contributed by atoms with van der Waals surface area (Å²) in [7, 11) is 0. The van der Waals surface area contributed by atoms with Gasteiger partial charge in [-0.2, -0.15) is 0 Å². The zero-order chi connectivity index (χ0) is 32.9. The Kier molecular flexibility index (Phi) is 12.8. The minimum atomic E-state index is -0.929. The Hall–Kier alpha value is -4.57. The number of carbonyl (C=O) groups excluding carboxylic acids is 4. The van der Waals surface area contributed by atoms with E-state index in [1.165, 1.54) is 0 Å². The smallest absolute Gasteiger partial charge is 0.251 e. The van der Waals surface area contributed by atoms with E-state index < -0.39 is 29.9 Å². The summed E-state index contributed by atoms with van der Waals surface area (Å²) in [4.78, 5) is 59.9. The van der Waals surface area contributed by atoms with Crippen molar-refractivity contribution in [2.45, 2.75) is 77.7 Å². The second-order valence-electron chi connectivity index (χ2n) is 12.4. The third kappa shape index (κ3) is 10.8. The molecule has 10 heteroatoms. The first kappa shape index (κ1) is 34.3. The molecule has 5 rings (SSSR count). The van der Waals surface area contributed by atoms with Crippen molar-refractivity contribution in [1.29, 1.82) is 0 Å². The highest BCUT2D eigenvalue weighted by atomic mass is 16.2. The fourth-order valence-electron chi connectivity index (χ4n) is 5.46. The topological polar surface area (TPSA) is 133 Å². The molecular weight excluding hydrogens is 580 g/mol. The third-order valence-electron chi connectivity index (χ3n) is 7.95. The lowest BCUT2D eigenvalue weighted by Crippen LogP contribution is -2.57. The molecule has 2 aliphatic rings. The second kappa shape index (κ2) is 17.2. The molecule has 3 aromatic rings. The first-order valence-corrected chi connectivity index (χ1v) is 16.1. The zero-order valence-corrected chi connectivity index (χ0v) is 27.0. The van der Waals surface area contributed by atoms with Gasteiger partial charge in [0.1, 0.15) is 18.1 Å². The SMILES string of the molecule is CC(C)C[C@@H]1NC(=O)[C@@H](Cc2ccccc2)NC(=O)c2ccc(cc2)CN(Cc2cccnc2)CCCCNC(=O)[C@@H](C)NC1=O. The summed E-state index contributed by atoms with van der Waals surface area (Å²) in [5.41, 5.74) is 3.45. The molecule has 2 aliphatic heterocycles. The van der Waals surface area contributed by atoms with E-state index in [-0.39, 0.29) is 24.2 Å². The van der Waals surface area contributed by atoms with Gasteiger partial charge in [-0.1, -0.05) is 62.4 Å². The summed E-state index contributed by atoms with van der Waals surface area (Å²) in [5, 5.41) is 11.5. The lowest BCUT2D eigenvalue weighted by Gasteiger charge is -2.25. The molecule has 0 radical (unpaired) electrons. The quantitative estimate of drug-likeness (QED) is 0.310. The van der Waals surface area contributed by atoms with Gasteiger partial charge in [-0.15, -0.1) is 0 Å². The highest BCUT2D eigenvalue weighted by Gasteiger charge is 2.29. The predicted molar refractivity (Wildman–Crippen MR) is 177 cm³/mol. The first-order chi connectivity index (χ1) is 22.2. The molecule has 0 fully saturated rings. The number of nitrogens with zero attached hydrogens (tertiary/aromatic N) is 2. The molecule has 0 saturated carbocycles. The molecule has 0 spiro atoms. The summed E-state index contributed by atoms with van der Waals surface area (Å²) in [6, 6.07) is 18.2. The predicted octanol–water partition coefficient (Wildman–Crippen LogP) is 3.37. The van der Waals surface area contributed by atoms with E-state index in [9.17, 15) is 19.2 Å². The fraction of sp³-hybridized carbons (Fsp3) is 0.417. The van der Waals surface area contributed by atoms with Gasteiger partial charge < -0.3 is 21.3 Å². The standard InChI is InChI=1S/C36H46N6O4/c1-25(2)20-31-35(45)39-26(3)33(43)38-18-7-8-19-42(24-29-12-9-17-37-22-29)23-28-13-15-30(16-14-28)34(44)40-32(36(46)41-31)21-27-10-5-4-6-11-27/h4-6,9-17,22,25-26,31-32H,7-8,18-21,23-24H2,1-3H3,(H,38,43)(H,39,45)(H,40,44)(H,41,46)/t26-,31+,32-/m1/s1. The summed E-state index contributed by atoms with van der Waals surface area (Å²) >= 11 is 0. The number of hydrogen-bond donors (Lipinski definition) is 4. The maximum Gasteiger partial charge on any atom is 0.251 e.